The summed E-state index contributed by atoms with van der Waals surface area (Å²) in [7, 11) is 1.90. The topological polar surface area (TPSA) is 107 Å². The Kier molecular flexibility index (Phi) is 4.58. The van der Waals surface area contributed by atoms with Gasteiger partial charge in [-0.2, -0.15) is 0 Å². The van der Waals surface area contributed by atoms with Crippen LogP contribution < -0.4 is 10.6 Å². The van der Waals surface area contributed by atoms with Gasteiger partial charge in [0.1, 0.15) is 5.82 Å². The molecule has 9 heteroatoms. The van der Waals surface area contributed by atoms with Crippen LogP contribution >= 0.6 is 0 Å². The Bertz CT molecular complexity index is 1050. The number of carbonyl (C=O) groups excluding carboxylic acids is 2. The van der Waals surface area contributed by atoms with Crippen molar-refractivity contribution >= 4 is 22.8 Å². The Hall–Kier alpha value is -3.23. The van der Waals surface area contributed by atoms with Crippen LogP contribution in [0.25, 0.3) is 11.0 Å². The molecule has 2 amide bonds. The summed E-state index contributed by atoms with van der Waals surface area (Å²) in [5, 5.41) is 13.7. The summed E-state index contributed by atoms with van der Waals surface area (Å²) >= 11 is 0. The van der Waals surface area contributed by atoms with E-state index in [2.05, 4.69) is 39.8 Å². The number of aryl methyl sites for hydroxylation is 1. The zero-order chi connectivity index (χ0) is 19.8. The number of nitrogens with zero attached hydrogens (tertiary/aromatic N) is 5. The lowest BCUT2D eigenvalue weighted by atomic mass is 10.0. The van der Waals surface area contributed by atoms with Crippen molar-refractivity contribution in [2.75, 3.05) is 0 Å². The molecule has 0 aliphatic carbocycles. The molecule has 0 bridgehead atoms. The van der Waals surface area contributed by atoms with Crippen molar-refractivity contribution in [3.63, 3.8) is 0 Å². The zero-order valence-corrected chi connectivity index (χ0v) is 16.1. The first-order valence-corrected chi connectivity index (χ1v) is 9.37. The highest BCUT2D eigenvalue weighted by molar-refractivity contribution is 6.05. The number of para-hydroxylation sites is 2. The third-order valence-electron chi connectivity index (χ3n) is 4.94. The number of carbonyl (C=O) groups is 2. The Morgan fingerprint density at radius 1 is 1.36 bits per heavy atom. The Balaban J connectivity index is 1.50. The van der Waals surface area contributed by atoms with Crippen molar-refractivity contribution in [1.29, 1.82) is 0 Å². The first kappa shape index (κ1) is 18.1. The van der Waals surface area contributed by atoms with Crippen LogP contribution in [0.15, 0.2) is 24.3 Å². The van der Waals surface area contributed by atoms with Crippen LogP contribution in [0.2, 0.25) is 0 Å². The van der Waals surface area contributed by atoms with E-state index in [1.165, 1.54) is 4.68 Å². The Morgan fingerprint density at radius 2 is 2.14 bits per heavy atom. The van der Waals surface area contributed by atoms with E-state index in [9.17, 15) is 9.59 Å². The second-order valence-corrected chi connectivity index (χ2v) is 7.53. The van der Waals surface area contributed by atoms with Gasteiger partial charge in [0.05, 0.1) is 24.1 Å². The number of benzene rings is 1. The van der Waals surface area contributed by atoms with Crippen LogP contribution in [0, 0.1) is 5.92 Å². The predicted octanol–water partition coefficient (Wildman–Crippen LogP) is 1.25. The monoisotopic (exact) mass is 381 g/mol. The minimum absolute atomic E-state index is 0.00221. The van der Waals surface area contributed by atoms with Gasteiger partial charge in [-0.05, 0) is 24.5 Å². The molecule has 1 unspecified atom stereocenters. The van der Waals surface area contributed by atoms with Gasteiger partial charge in [-0.25, -0.2) is 9.67 Å². The fourth-order valence-electron chi connectivity index (χ4n) is 3.63. The van der Waals surface area contributed by atoms with Crippen LogP contribution in [0.5, 0.6) is 0 Å². The first-order valence-electron chi connectivity index (χ1n) is 9.37. The third-order valence-corrected chi connectivity index (χ3v) is 4.94. The summed E-state index contributed by atoms with van der Waals surface area (Å²) in [5.74, 6) is 0.420. The average Bonchev–Trinajstić information content (AvgIpc) is 3.21. The van der Waals surface area contributed by atoms with Crippen LogP contribution in [0.1, 0.15) is 47.1 Å². The first-order chi connectivity index (χ1) is 13.4. The molecule has 3 heterocycles. The van der Waals surface area contributed by atoms with E-state index in [1.54, 1.807) is 0 Å². The molecule has 0 fully saturated rings. The van der Waals surface area contributed by atoms with Gasteiger partial charge in [0.15, 0.2) is 11.4 Å². The highest BCUT2D eigenvalue weighted by Crippen LogP contribution is 2.17. The second kappa shape index (κ2) is 7.06. The maximum absolute atomic E-state index is 12.6. The predicted molar refractivity (Wildman–Crippen MR) is 103 cm³/mol. The van der Waals surface area contributed by atoms with Gasteiger partial charge in [0.2, 0.25) is 0 Å². The molecule has 1 aliphatic heterocycles. The lowest BCUT2D eigenvalue weighted by Gasteiger charge is -2.25. The number of hydrogen-bond acceptors (Lipinski definition) is 5. The average molecular weight is 381 g/mol. The quantitative estimate of drug-likeness (QED) is 0.692. The van der Waals surface area contributed by atoms with Crippen molar-refractivity contribution in [2.45, 2.75) is 39.4 Å². The summed E-state index contributed by atoms with van der Waals surface area (Å²) in [5.41, 5.74) is 2.11. The zero-order valence-electron chi connectivity index (χ0n) is 16.1. The molecule has 9 nitrogen and oxygen atoms in total. The van der Waals surface area contributed by atoms with E-state index in [0.29, 0.717) is 12.5 Å². The number of imidazole rings is 1. The van der Waals surface area contributed by atoms with Gasteiger partial charge in [0.25, 0.3) is 11.8 Å². The molecule has 0 saturated heterocycles. The number of nitrogens with one attached hydrogen (secondary N) is 2. The lowest BCUT2D eigenvalue weighted by Crippen LogP contribution is -2.46. The number of rotatable bonds is 5. The van der Waals surface area contributed by atoms with Crippen molar-refractivity contribution in [3.05, 3.63) is 41.5 Å². The molecular weight excluding hydrogens is 358 g/mol. The molecule has 2 aromatic heterocycles. The maximum Gasteiger partial charge on any atom is 0.274 e. The van der Waals surface area contributed by atoms with E-state index < -0.39 is 5.91 Å². The molecule has 1 aliphatic rings. The summed E-state index contributed by atoms with van der Waals surface area (Å²) in [6.45, 7) is 4.95. The summed E-state index contributed by atoms with van der Waals surface area (Å²) in [6, 6.07) is 7.76. The van der Waals surface area contributed by atoms with E-state index >= 15 is 0 Å². The molecule has 1 atom stereocenters. The normalized spacial score (nSPS) is 16.3. The summed E-state index contributed by atoms with van der Waals surface area (Å²) in [6.07, 6.45) is 0.847. The van der Waals surface area contributed by atoms with Crippen molar-refractivity contribution in [3.8, 4) is 0 Å². The van der Waals surface area contributed by atoms with Crippen LogP contribution in [-0.4, -0.2) is 42.4 Å². The number of hydrogen-bond donors (Lipinski definition) is 2. The van der Waals surface area contributed by atoms with Crippen LogP contribution in [0.3, 0.4) is 0 Å². The van der Waals surface area contributed by atoms with Gasteiger partial charge in [-0.1, -0.05) is 31.2 Å². The molecule has 28 heavy (non-hydrogen) atoms. The SMILES string of the molecule is CC(C)CC1Cn2nnc(C(=O)NCc3nc4ccccc4n3C)c2C(=O)N1. The standard InChI is InChI=1S/C19H23N7O2/c1-11(2)8-12-10-26-17(19(28)21-12)16(23-24-26)18(27)20-9-15-22-13-6-4-5-7-14(13)25(15)3/h4-7,11-12H,8-10H2,1-3H3,(H,20,27)(H,21,28). The van der Waals surface area contributed by atoms with E-state index in [-0.39, 0.29) is 29.9 Å². The van der Waals surface area contributed by atoms with Gasteiger partial charge in [0, 0.05) is 13.1 Å². The largest absolute Gasteiger partial charge is 0.346 e. The smallest absolute Gasteiger partial charge is 0.274 e. The summed E-state index contributed by atoms with van der Waals surface area (Å²) in [4.78, 5) is 29.7. The van der Waals surface area contributed by atoms with Crippen LogP contribution in [0.4, 0.5) is 0 Å². The second-order valence-electron chi connectivity index (χ2n) is 7.53. The minimum Gasteiger partial charge on any atom is -0.346 e. The minimum atomic E-state index is -0.439. The molecule has 4 rings (SSSR count). The highest BCUT2D eigenvalue weighted by Gasteiger charge is 2.32. The third kappa shape index (κ3) is 3.23. The molecule has 3 aromatic rings. The van der Waals surface area contributed by atoms with Gasteiger partial charge >= 0.3 is 0 Å². The molecule has 0 spiro atoms. The van der Waals surface area contributed by atoms with Gasteiger partial charge in [-0.15, -0.1) is 5.10 Å². The van der Waals surface area contributed by atoms with Crippen molar-refractivity contribution < 1.29 is 9.59 Å². The number of fused-ring (bicyclic) bond motifs is 2. The molecule has 146 valence electrons. The van der Waals surface area contributed by atoms with Gasteiger partial charge in [-0.3, -0.25) is 9.59 Å². The molecule has 1 aromatic carbocycles. The van der Waals surface area contributed by atoms with E-state index in [4.69, 9.17) is 0 Å². The molecule has 2 N–H and O–H groups in total. The van der Waals surface area contributed by atoms with E-state index in [1.807, 2.05) is 35.9 Å². The molecule has 0 radical (unpaired) electrons. The Morgan fingerprint density at radius 3 is 2.89 bits per heavy atom. The lowest BCUT2D eigenvalue weighted by molar-refractivity contribution is 0.0869. The number of aromatic nitrogens is 5. The highest BCUT2D eigenvalue weighted by atomic mass is 16.2. The van der Waals surface area contributed by atoms with Crippen molar-refractivity contribution in [1.82, 2.24) is 35.2 Å². The van der Waals surface area contributed by atoms with Crippen LogP contribution in [-0.2, 0) is 20.1 Å². The fourth-order valence-corrected chi connectivity index (χ4v) is 3.63. The Labute approximate surface area is 162 Å². The summed E-state index contributed by atoms with van der Waals surface area (Å²) < 4.78 is 3.45. The number of amides is 2. The molecular formula is C19H23N7O2. The molecule has 0 saturated carbocycles. The van der Waals surface area contributed by atoms with Gasteiger partial charge < -0.3 is 15.2 Å². The van der Waals surface area contributed by atoms with Crippen molar-refractivity contribution in [2.24, 2.45) is 13.0 Å². The van der Waals surface area contributed by atoms with E-state index in [0.717, 1.165) is 23.3 Å². The maximum atomic E-state index is 12.6. The fraction of sp³-hybridized carbons (Fsp3) is 0.421.